The van der Waals surface area contributed by atoms with Crippen LogP contribution in [0.15, 0.2) is 18.2 Å². The second-order valence-electron chi connectivity index (χ2n) is 4.69. The molecule has 0 bridgehead atoms. The Morgan fingerprint density at radius 1 is 1.44 bits per heavy atom. The maximum atomic E-state index is 12.0. The molecule has 2 N–H and O–H groups in total. The van der Waals surface area contributed by atoms with E-state index >= 15 is 0 Å². The summed E-state index contributed by atoms with van der Waals surface area (Å²) >= 11 is 0. The first-order valence-electron chi connectivity index (χ1n) is 5.48. The molecule has 0 aliphatic rings. The van der Waals surface area contributed by atoms with Crippen LogP contribution >= 0.6 is 0 Å². The van der Waals surface area contributed by atoms with Crippen LogP contribution in [0.1, 0.15) is 43.1 Å². The van der Waals surface area contributed by atoms with E-state index in [0.717, 1.165) is 12.0 Å². The highest BCUT2D eigenvalue weighted by molar-refractivity contribution is 5.96. The summed E-state index contributed by atoms with van der Waals surface area (Å²) < 4.78 is 0. The molecule has 3 nitrogen and oxygen atoms in total. The predicted molar refractivity (Wildman–Crippen MR) is 64.7 cm³/mol. The molecule has 1 rings (SSSR count). The highest BCUT2D eigenvalue weighted by atomic mass is 16.3. The van der Waals surface area contributed by atoms with Gasteiger partial charge in [0, 0.05) is 11.1 Å². The molecule has 88 valence electrons. The SMILES string of the molecule is CCC(C)(C)NC(=O)c1ccc(O)cc1C. The molecule has 0 unspecified atom stereocenters. The normalized spacial score (nSPS) is 11.2. The van der Waals surface area contributed by atoms with Crippen molar-refractivity contribution in [2.24, 2.45) is 0 Å². The largest absolute Gasteiger partial charge is 0.508 e. The summed E-state index contributed by atoms with van der Waals surface area (Å²) in [6.07, 6.45) is 0.871. The zero-order chi connectivity index (χ0) is 12.3. The third kappa shape index (κ3) is 2.99. The van der Waals surface area contributed by atoms with Crippen molar-refractivity contribution in [3.8, 4) is 5.75 Å². The lowest BCUT2D eigenvalue weighted by Gasteiger charge is -2.24. The highest BCUT2D eigenvalue weighted by Crippen LogP contribution is 2.17. The van der Waals surface area contributed by atoms with E-state index in [1.165, 1.54) is 6.07 Å². The van der Waals surface area contributed by atoms with Gasteiger partial charge in [0.25, 0.3) is 5.91 Å². The quantitative estimate of drug-likeness (QED) is 0.824. The van der Waals surface area contributed by atoms with Crippen LogP contribution in [0, 0.1) is 6.92 Å². The van der Waals surface area contributed by atoms with E-state index < -0.39 is 0 Å². The van der Waals surface area contributed by atoms with Crippen LogP contribution in [-0.4, -0.2) is 16.6 Å². The van der Waals surface area contributed by atoms with Crippen LogP contribution in [-0.2, 0) is 0 Å². The van der Waals surface area contributed by atoms with Gasteiger partial charge < -0.3 is 10.4 Å². The topological polar surface area (TPSA) is 49.3 Å². The highest BCUT2D eigenvalue weighted by Gasteiger charge is 2.19. The van der Waals surface area contributed by atoms with Gasteiger partial charge in [-0.1, -0.05) is 6.92 Å². The predicted octanol–water partition coefficient (Wildman–Crippen LogP) is 2.62. The molecule has 0 fully saturated rings. The molecule has 1 aromatic carbocycles. The maximum Gasteiger partial charge on any atom is 0.251 e. The third-order valence-electron chi connectivity index (χ3n) is 2.79. The fourth-order valence-corrected chi connectivity index (χ4v) is 1.37. The van der Waals surface area contributed by atoms with E-state index in [1.807, 2.05) is 27.7 Å². The average molecular weight is 221 g/mol. The molecule has 0 saturated heterocycles. The molecule has 1 aromatic rings. The number of aromatic hydroxyl groups is 1. The van der Waals surface area contributed by atoms with Crippen LogP contribution < -0.4 is 5.32 Å². The zero-order valence-corrected chi connectivity index (χ0v) is 10.3. The number of phenols is 1. The van der Waals surface area contributed by atoms with Crippen molar-refractivity contribution in [1.82, 2.24) is 5.32 Å². The molecular formula is C13H19NO2. The number of phenolic OH excluding ortho intramolecular Hbond substituents is 1. The lowest BCUT2D eigenvalue weighted by Crippen LogP contribution is -2.42. The van der Waals surface area contributed by atoms with Gasteiger partial charge in [0.05, 0.1) is 0 Å². The Balaban J connectivity index is 2.89. The Labute approximate surface area is 96.5 Å². The van der Waals surface area contributed by atoms with Gasteiger partial charge in [0.2, 0.25) is 0 Å². The van der Waals surface area contributed by atoms with E-state index in [0.29, 0.717) is 5.56 Å². The lowest BCUT2D eigenvalue weighted by atomic mass is 10.0. The Morgan fingerprint density at radius 3 is 2.56 bits per heavy atom. The fraction of sp³-hybridized carbons (Fsp3) is 0.462. The summed E-state index contributed by atoms with van der Waals surface area (Å²) in [5.74, 6) is 0.0909. The van der Waals surface area contributed by atoms with Gasteiger partial charge in [0.1, 0.15) is 5.75 Å². The summed E-state index contributed by atoms with van der Waals surface area (Å²) in [6.45, 7) is 7.82. The second kappa shape index (κ2) is 4.56. The van der Waals surface area contributed by atoms with Gasteiger partial charge in [-0.15, -0.1) is 0 Å². The number of carbonyl (C=O) groups is 1. The van der Waals surface area contributed by atoms with Crippen molar-refractivity contribution in [1.29, 1.82) is 0 Å². The minimum absolute atomic E-state index is 0.0932. The van der Waals surface area contributed by atoms with Crippen molar-refractivity contribution in [2.45, 2.75) is 39.7 Å². The minimum atomic E-state index is -0.207. The molecule has 1 amide bonds. The minimum Gasteiger partial charge on any atom is -0.508 e. The van der Waals surface area contributed by atoms with Gasteiger partial charge in [-0.3, -0.25) is 4.79 Å². The second-order valence-corrected chi connectivity index (χ2v) is 4.69. The van der Waals surface area contributed by atoms with Crippen LogP contribution in [0.5, 0.6) is 5.75 Å². The van der Waals surface area contributed by atoms with E-state index in [9.17, 15) is 9.90 Å². The van der Waals surface area contributed by atoms with Crippen molar-refractivity contribution in [3.05, 3.63) is 29.3 Å². The summed E-state index contributed by atoms with van der Waals surface area (Å²) in [6, 6.07) is 4.76. The Kier molecular flexibility index (Phi) is 3.58. The Morgan fingerprint density at radius 2 is 2.06 bits per heavy atom. The first-order valence-corrected chi connectivity index (χ1v) is 5.48. The van der Waals surface area contributed by atoms with Gasteiger partial charge >= 0.3 is 0 Å². The van der Waals surface area contributed by atoms with Crippen molar-refractivity contribution >= 4 is 5.91 Å². The molecule has 0 saturated carbocycles. The molecule has 16 heavy (non-hydrogen) atoms. The van der Waals surface area contributed by atoms with Crippen molar-refractivity contribution in [3.63, 3.8) is 0 Å². The number of carbonyl (C=O) groups excluding carboxylic acids is 1. The fourth-order valence-electron chi connectivity index (χ4n) is 1.37. The third-order valence-corrected chi connectivity index (χ3v) is 2.79. The van der Waals surface area contributed by atoms with Gasteiger partial charge in [-0.05, 0) is 51.0 Å². The molecule has 3 heteroatoms. The zero-order valence-electron chi connectivity index (χ0n) is 10.3. The van der Waals surface area contributed by atoms with Crippen LogP contribution in [0.25, 0.3) is 0 Å². The Bertz CT molecular complexity index is 397. The van der Waals surface area contributed by atoms with Crippen LogP contribution in [0.4, 0.5) is 0 Å². The summed E-state index contributed by atoms with van der Waals surface area (Å²) in [5, 5.41) is 12.2. The molecule has 0 radical (unpaired) electrons. The number of benzene rings is 1. The first-order chi connectivity index (χ1) is 7.35. The number of hydrogen-bond acceptors (Lipinski definition) is 2. The summed E-state index contributed by atoms with van der Waals surface area (Å²) in [7, 11) is 0. The van der Waals surface area contributed by atoms with Crippen molar-refractivity contribution in [2.75, 3.05) is 0 Å². The number of rotatable bonds is 3. The average Bonchev–Trinajstić information content (AvgIpc) is 2.16. The smallest absolute Gasteiger partial charge is 0.251 e. The van der Waals surface area contributed by atoms with Crippen LogP contribution in [0.3, 0.4) is 0 Å². The van der Waals surface area contributed by atoms with Crippen molar-refractivity contribution < 1.29 is 9.90 Å². The van der Waals surface area contributed by atoms with Gasteiger partial charge in [0.15, 0.2) is 0 Å². The maximum absolute atomic E-state index is 12.0. The van der Waals surface area contributed by atoms with E-state index in [1.54, 1.807) is 12.1 Å². The van der Waals surface area contributed by atoms with Crippen LogP contribution in [0.2, 0.25) is 0 Å². The van der Waals surface area contributed by atoms with E-state index in [-0.39, 0.29) is 17.2 Å². The number of aryl methyl sites for hydroxylation is 1. The summed E-state index contributed by atoms with van der Waals surface area (Å²) in [4.78, 5) is 12.0. The number of hydrogen-bond donors (Lipinski definition) is 2. The molecule has 0 atom stereocenters. The first kappa shape index (κ1) is 12.6. The molecular weight excluding hydrogens is 202 g/mol. The lowest BCUT2D eigenvalue weighted by molar-refractivity contribution is 0.0910. The van der Waals surface area contributed by atoms with E-state index in [2.05, 4.69) is 5.32 Å². The number of amides is 1. The van der Waals surface area contributed by atoms with Gasteiger partial charge in [-0.25, -0.2) is 0 Å². The Hall–Kier alpha value is -1.51. The molecule has 0 heterocycles. The number of nitrogens with one attached hydrogen (secondary N) is 1. The van der Waals surface area contributed by atoms with E-state index in [4.69, 9.17) is 0 Å². The monoisotopic (exact) mass is 221 g/mol. The summed E-state index contributed by atoms with van der Waals surface area (Å²) in [5.41, 5.74) is 1.19. The molecule has 0 aromatic heterocycles. The standard InChI is InChI=1S/C13H19NO2/c1-5-13(3,4)14-12(16)11-7-6-10(15)8-9(11)2/h6-8,15H,5H2,1-4H3,(H,14,16). The molecule has 0 aliphatic carbocycles. The molecule has 0 spiro atoms. The van der Waals surface area contributed by atoms with Gasteiger partial charge in [-0.2, -0.15) is 0 Å². The molecule has 0 aliphatic heterocycles.